The molecule has 0 spiro atoms. The van der Waals surface area contributed by atoms with Crippen LogP contribution >= 0.6 is 0 Å². The first kappa shape index (κ1) is 27.0. The molecule has 3 rings (SSSR count). The molecule has 1 aliphatic heterocycles. The molecule has 0 bridgehead atoms. The summed E-state index contributed by atoms with van der Waals surface area (Å²) in [5.41, 5.74) is -1.94. The Morgan fingerprint density at radius 3 is 2.28 bits per heavy atom. The van der Waals surface area contributed by atoms with E-state index < -0.39 is 81.6 Å². The van der Waals surface area contributed by atoms with Crippen molar-refractivity contribution in [2.24, 2.45) is 0 Å². The van der Waals surface area contributed by atoms with E-state index >= 15 is 0 Å². The number of H-pyrrole nitrogens is 1. The zero-order chi connectivity index (χ0) is 26.6. The number of benzene rings is 1. The number of Topliss-reactive ketones (excluding diaryl/α,β-unsaturated/α-hetero) is 1. The van der Waals surface area contributed by atoms with Crippen LogP contribution in [0.3, 0.4) is 0 Å². The van der Waals surface area contributed by atoms with Crippen molar-refractivity contribution in [3.63, 3.8) is 0 Å². The summed E-state index contributed by atoms with van der Waals surface area (Å²) in [7, 11) is -4.31. The third kappa shape index (κ3) is 6.53. The van der Waals surface area contributed by atoms with Gasteiger partial charge in [0.1, 0.15) is 24.6 Å². The van der Waals surface area contributed by atoms with Gasteiger partial charge in [-0.25, -0.2) is 4.79 Å². The lowest BCUT2D eigenvalue weighted by Crippen LogP contribution is -2.43. The van der Waals surface area contributed by atoms with Gasteiger partial charge in [-0.2, -0.15) is 8.42 Å². The Bertz CT molecular complexity index is 1360. The smallest absolute Gasteiger partial charge is 0.330 e. The monoisotopic (exact) mass is 524 g/mol. The highest BCUT2D eigenvalue weighted by molar-refractivity contribution is 7.85. The second-order valence-corrected chi connectivity index (χ2v) is 9.55. The van der Waals surface area contributed by atoms with E-state index in [1.54, 1.807) is 30.3 Å². The maximum Gasteiger partial charge on any atom is 0.330 e. The molecule has 1 saturated heterocycles. The normalized spacial score (nSPS) is 21.6. The zero-order valence-electron chi connectivity index (χ0n) is 19.5. The third-order valence-corrected chi connectivity index (χ3v) is 6.31. The summed E-state index contributed by atoms with van der Waals surface area (Å²) >= 11 is 0. The van der Waals surface area contributed by atoms with E-state index in [2.05, 4.69) is 0 Å². The third-order valence-electron chi connectivity index (χ3n) is 5.10. The molecular formula is C22H24N2O11S. The summed E-state index contributed by atoms with van der Waals surface area (Å²) in [4.78, 5) is 61.7. The van der Waals surface area contributed by atoms with Crippen LogP contribution in [0.15, 0.2) is 46.1 Å². The number of aromatic amines is 1. The van der Waals surface area contributed by atoms with Crippen LogP contribution in [0, 0.1) is 0 Å². The van der Waals surface area contributed by atoms with Gasteiger partial charge < -0.3 is 14.2 Å². The molecule has 14 heteroatoms. The molecule has 194 valence electrons. The molecule has 1 fully saturated rings. The summed E-state index contributed by atoms with van der Waals surface area (Å²) in [6, 6.07) is 8.12. The first-order valence-corrected chi connectivity index (χ1v) is 12.2. The van der Waals surface area contributed by atoms with Crippen LogP contribution in [0.1, 0.15) is 42.9 Å². The zero-order valence-corrected chi connectivity index (χ0v) is 20.4. The Balaban J connectivity index is 2.04. The SMILES string of the molecule is CC(=O)OC[C@H]1O[C@@H](n2cc(C(C)=O)c(=O)[nH]c2=O)[C@H](OC(C)=O)[C@H]1OS(=O)(=O)Cc1ccccc1. The first-order valence-electron chi connectivity index (χ1n) is 10.7. The van der Waals surface area contributed by atoms with Gasteiger partial charge in [-0.15, -0.1) is 0 Å². The van der Waals surface area contributed by atoms with E-state index in [1.165, 1.54) is 0 Å². The van der Waals surface area contributed by atoms with Crippen LogP contribution in [0.2, 0.25) is 0 Å². The number of hydrogen-bond donors (Lipinski definition) is 1. The summed E-state index contributed by atoms with van der Waals surface area (Å²) in [6.45, 7) is 2.75. The van der Waals surface area contributed by atoms with Gasteiger partial charge in [0.25, 0.3) is 15.7 Å². The van der Waals surface area contributed by atoms with E-state index in [9.17, 15) is 32.4 Å². The summed E-state index contributed by atoms with van der Waals surface area (Å²) in [5.74, 6) is -2.77. The van der Waals surface area contributed by atoms with Gasteiger partial charge in [0.15, 0.2) is 18.1 Å². The quantitative estimate of drug-likeness (QED) is 0.266. The number of ketones is 1. The van der Waals surface area contributed by atoms with Crippen molar-refractivity contribution in [2.75, 3.05) is 6.61 Å². The molecule has 0 aliphatic carbocycles. The van der Waals surface area contributed by atoms with Crippen LogP contribution < -0.4 is 11.2 Å². The number of esters is 2. The number of carbonyl (C=O) groups excluding carboxylic acids is 3. The average Bonchev–Trinajstić information content (AvgIpc) is 3.08. The molecule has 0 unspecified atom stereocenters. The molecule has 0 amide bonds. The number of hydrogen-bond acceptors (Lipinski definition) is 11. The molecule has 1 aromatic heterocycles. The van der Waals surface area contributed by atoms with Gasteiger partial charge in [0.2, 0.25) is 0 Å². The Labute approximate surface area is 205 Å². The van der Waals surface area contributed by atoms with Crippen LogP contribution in [0.5, 0.6) is 0 Å². The van der Waals surface area contributed by atoms with E-state index in [0.29, 0.717) is 5.56 Å². The van der Waals surface area contributed by atoms with Crippen molar-refractivity contribution in [1.82, 2.24) is 9.55 Å². The summed E-state index contributed by atoms with van der Waals surface area (Å²) in [5, 5.41) is 0. The molecule has 1 N–H and O–H groups in total. The predicted molar refractivity (Wildman–Crippen MR) is 121 cm³/mol. The Morgan fingerprint density at radius 1 is 1.03 bits per heavy atom. The van der Waals surface area contributed by atoms with Crippen molar-refractivity contribution in [2.45, 2.75) is 51.1 Å². The lowest BCUT2D eigenvalue weighted by molar-refractivity contribution is -0.155. The molecule has 0 saturated carbocycles. The summed E-state index contributed by atoms with van der Waals surface area (Å²) in [6.07, 6.45) is -5.03. The average molecular weight is 525 g/mol. The maximum absolute atomic E-state index is 12.9. The van der Waals surface area contributed by atoms with Crippen molar-refractivity contribution < 1.29 is 41.2 Å². The Morgan fingerprint density at radius 2 is 1.69 bits per heavy atom. The molecular weight excluding hydrogens is 500 g/mol. The first-order chi connectivity index (χ1) is 16.9. The molecule has 4 atom stereocenters. The fourth-order valence-corrected chi connectivity index (χ4v) is 4.85. The van der Waals surface area contributed by atoms with Crippen molar-refractivity contribution in [3.05, 3.63) is 68.5 Å². The van der Waals surface area contributed by atoms with E-state index in [0.717, 1.165) is 31.5 Å². The fraction of sp³-hybridized carbons (Fsp3) is 0.409. The lowest BCUT2D eigenvalue weighted by atomic mass is 10.1. The second-order valence-electron chi connectivity index (χ2n) is 7.96. The van der Waals surface area contributed by atoms with Crippen LogP contribution in [0.4, 0.5) is 0 Å². The molecule has 0 radical (unpaired) electrons. The number of nitrogens with zero attached hydrogens (tertiary/aromatic N) is 1. The molecule has 2 heterocycles. The molecule has 36 heavy (non-hydrogen) atoms. The number of rotatable bonds is 9. The van der Waals surface area contributed by atoms with Gasteiger partial charge in [0, 0.05) is 20.0 Å². The fourth-order valence-electron chi connectivity index (χ4n) is 3.61. The van der Waals surface area contributed by atoms with Crippen molar-refractivity contribution >= 4 is 27.8 Å². The topological polar surface area (TPSA) is 177 Å². The highest BCUT2D eigenvalue weighted by atomic mass is 32.2. The van der Waals surface area contributed by atoms with E-state index in [1.807, 2.05) is 4.98 Å². The highest BCUT2D eigenvalue weighted by Crippen LogP contribution is 2.35. The largest absolute Gasteiger partial charge is 0.463 e. The Hall–Kier alpha value is -3.62. The highest BCUT2D eigenvalue weighted by Gasteiger charge is 2.51. The van der Waals surface area contributed by atoms with E-state index in [4.69, 9.17) is 18.4 Å². The molecule has 1 aliphatic rings. The number of carbonyl (C=O) groups is 3. The minimum Gasteiger partial charge on any atom is -0.463 e. The van der Waals surface area contributed by atoms with Gasteiger partial charge >= 0.3 is 17.6 Å². The Kier molecular flexibility index (Phi) is 8.22. The van der Waals surface area contributed by atoms with Crippen molar-refractivity contribution in [1.29, 1.82) is 0 Å². The van der Waals surface area contributed by atoms with Crippen LogP contribution in [0.25, 0.3) is 0 Å². The minimum absolute atomic E-state index is 0.391. The maximum atomic E-state index is 12.9. The summed E-state index contributed by atoms with van der Waals surface area (Å²) < 4.78 is 47.9. The minimum atomic E-state index is -4.31. The molecule has 1 aromatic carbocycles. The molecule has 2 aromatic rings. The van der Waals surface area contributed by atoms with Crippen molar-refractivity contribution in [3.8, 4) is 0 Å². The predicted octanol–water partition coefficient (Wildman–Crippen LogP) is 0.0466. The van der Waals surface area contributed by atoms with Crippen LogP contribution in [-0.4, -0.2) is 60.6 Å². The number of nitrogens with one attached hydrogen (secondary N) is 1. The van der Waals surface area contributed by atoms with Gasteiger partial charge in [-0.3, -0.25) is 32.9 Å². The van der Waals surface area contributed by atoms with Gasteiger partial charge in [0.05, 0.1) is 5.56 Å². The van der Waals surface area contributed by atoms with E-state index in [-0.39, 0.29) is 0 Å². The lowest BCUT2D eigenvalue weighted by Gasteiger charge is -2.24. The van der Waals surface area contributed by atoms with Gasteiger partial charge in [-0.05, 0) is 12.5 Å². The second kappa shape index (κ2) is 11.0. The standard InChI is InChI=1S/C22H24N2O11S/c1-12(25)16-9-24(22(29)23-20(16)28)21-19(33-14(3)27)18(17(34-21)10-32-13(2)26)35-36(30,31)11-15-7-5-4-6-8-15/h4-9,17-19,21H,10-11H2,1-3H3,(H,23,28,29)/t17-,18+,19-,21-/m1/s1. The van der Waals surface area contributed by atoms with Gasteiger partial charge in [-0.1, -0.05) is 30.3 Å². The number of aromatic nitrogens is 2. The molecule has 13 nitrogen and oxygen atoms in total. The number of ether oxygens (including phenoxy) is 3. The van der Waals surface area contributed by atoms with Crippen LogP contribution in [-0.2, 0) is 43.9 Å².